The number of nitrogens with one attached hydrogen (secondary N) is 3. The van der Waals surface area contributed by atoms with E-state index in [0.717, 1.165) is 19.5 Å². The van der Waals surface area contributed by atoms with Gasteiger partial charge in [0.25, 0.3) is 0 Å². The highest BCUT2D eigenvalue weighted by atomic mass is 35.5. The Kier molecular flexibility index (Phi) is 5.15. The van der Waals surface area contributed by atoms with E-state index in [4.69, 9.17) is 0 Å². The van der Waals surface area contributed by atoms with Crippen molar-refractivity contribution < 1.29 is 8.42 Å². The molecule has 0 amide bonds. The minimum atomic E-state index is -3.45. The van der Waals surface area contributed by atoms with E-state index in [0.29, 0.717) is 11.6 Å². The molecule has 2 heterocycles. The van der Waals surface area contributed by atoms with E-state index in [9.17, 15) is 8.42 Å². The molecule has 1 aliphatic rings. The van der Waals surface area contributed by atoms with Crippen LogP contribution >= 0.6 is 12.4 Å². The molecule has 3 N–H and O–H groups in total. The Balaban J connectivity index is 0.00000162. The van der Waals surface area contributed by atoms with Crippen molar-refractivity contribution in [2.75, 3.05) is 13.1 Å². The third kappa shape index (κ3) is 3.23. The lowest BCUT2D eigenvalue weighted by molar-refractivity contribution is 0.328. The zero-order chi connectivity index (χ0) is 12.5. The van der Waals surface area contributed by atoms with Crippen LogP contribution in [-0.2, 0) is 10.0 Å². The number of nitrogens with zero attached hydrogens (tertiary/aromatic N) is 1. The van der Waals surface area contributed by atoms with Gasteiger partial charge in [-0.3, -0.25) is 5.10 Å². The maximum Gasteiger partial charge on any atom is 0.244 e. The summed E-state index contributed by atoms with van der Waals surface area (Å²) in [5, 5.41) is 9.63. The van der Waals surface area contributed by atoms with E-state index in [2.05, 4.69) is 20.2 Å². The van der Waals surface area contributed by atoms with Crippen molar-refractivity contribution in [1.29, 1.82) is 0 Å². The molecule has 1 fully saturated rings. The quantitative estimate of drug-likeness (QED) is 0.754. The summed E-state index contributed by atoms with van der Waals surface area (Å²) >= 11 is 0. The number of piperidine rings is 1. The first kappa shape index (κ1) is 15.4. The molecule has 6 nitrogen and oxygen atoms in total. The second kappa shape index (κ2) is 6.01. The Morgan fingerprint density at radius 1 is 1.50 bits per heavy atom. The first-order valence-electron chi connectivity index (χ1n) is 5.74. The Hall–Kier alpha value is -0.630. The van der Waals surface area contributed by atoms with Crippen molar-refractivity contribution in [3.8, 4) is 0 Å². The number of rotatable bonds is 3. The third-order valence-corrected chi connectivity index (χ3v) is 4.77. The van der Waals surface area contributed by atoms with Crippen LogP contribution < -0.4 is 10.0 Å². The van der Waals surface area contributed by atoms with Crippen LogP contribution in [0.15, 0.2) is 11.1 Å². The molecule has 1 aromatic rings. The van der Waals surface area contributed by atoms with Gasteiger partial charge in [-0.2, -0.15) is 5.10 Å². The van der Waals surface area contributed by atoms with Gasteiger partial charge in [0.15, 0.2) is 0 Å². The van der Waals surface area contributed by atoms with Crippen LogP contribution in [0, 0.1) is 12.8 Å². The Morgan fingerprint density at radius 3 is 2.78 bits per heavy atom. The number of aryl methyl sites for hydroxylation is 1. The number of aromatic nitrogens is 2. The van der Waals surface area contributed by atoms with Crippen molar-refractivity contribution in [2.24, 2.45) is 5.92 Å². The second-order valence-electron chi connectivity index (χ2n) is 4.56. The van der Waals surface area contributed by atoms with Crippen molar-refractivity contribution in [3.05, 3.63) is 11.9 Å². The Morgan fingerprint density at radius 2 is 2.22 bits per heavy atom. The molecule has 0 aromatic carbocycles. The van der Waals surface area contributed by atoms with Crippen LogP contribution in [-0.4, -0.2) is 37.7 Å². The van der Waals surface area contributed by atoms with Crippen LogP contribution in [0.3, 0.4) is 0 Å². The number of aromatic amines is 1. The van der Waals surface area contributed by atoms with Gasteiger partial charge in [-0.25, -0.2) is 13.1 Å². The summed E-state index contributed by atoms with van der Waals surface area (Å²) in [7, 11) is -3.45. The van der Waals surface area contributed by atoms with Gasteiger partial charge in [0.1, 0.15) is 4.90 Å². The molecule has 0 aliphatic carbocycles. The van der Waals surface area contributed by atoms with E-state index >= 15 is 0 Å². The minimum Gasteiger partial charge on any atom is -0.316 e. The van der Waals surface area contributed by atoms with E-state index in [1.165, 1.54) is 6.20 Å². The predicted molar refractivity (Wildman–Crippen MR) is 71.3 cm³/mol. The highest BCUT2D eigenvalue weighted by molar-refractivity contribution is 7.89. The van der Waals surface area contributed by atoms with Crippen molar-refractivity contribution in [3.63, 3.8) is 0 Å². The number of sulfonamides is 1. The smallest absolute Gasteiger partial charge is 0.244 e. The van der Waals surface area contributed by atoms with E-state index < -0.39 is 10.0 Å². The fourth-order valence-corrected chi connectivity index (χ4v) is 3.58. The average Bonchev–Trinajstić information content (AvgIpc) is 2.68. The highest BCUT2D eigenvalue weighted by Crippen LogP contribution is 2.16. The van der Waals surface area contributed by atoms with Gasteiger partial charge in [-0.1, -0.05) is 6.92 Å². The summed E-state index contributed by atoms with van der Waals surface area (Å²) in [6, 6.07) is -0.00412. The Labute approximate surface area is 113 Å². The minimum absolute atomic E-state index is 0. The molecule has 8 heteroatoms. The van der Waals surface area contributed by atoms with Crippen LogP contribution in [0.25, 0.3) is 0 Å². The van der Waals surface area contributed by atoms with Gasteiger partial charge in [0, 0.05) is 6.04 Å². The van der Waals surface area contributed by atoms with Crippen LogP contribution in [0.1, 0.15) is 19.0 Å². The first-order chi connectivity index (χ1) is 8.00. The van der Waals surface area contributed by atoms with Gasteiger partial charge in [-0.15, -0.1) is 12.4 Å². The lowest BCUT2D eigenvalue weighted by Crippen LogP contribution is -2.48. The SMILES string of the molecule is Cc1[nH]ncc1S(=O)(=O)NC1CCNCC1C.Cl. The molecule has 1 saturated heterocycles. The molecule has 0 bridgehead atoms. The molecule has 0 spiro atoms. The number of H-pyrrole nitrogens is 1. The summed E-state index contributed by atoms with van der Waals surface area (Å²) in [5.74, 6) is 0.297. The van der Waals surface area contributed by atoms with Gasteiger partial charge < -0.3 is 5.32 Å². The van der Waals surface area contributed by atoms with Crippen molar-refractivity contribution >= 4 is 22.4 Å². The lowest BCUT2D eigenvalue weighted by Gasteiger charge is -2.29. The molecule has 2 atom stereocenters. The zero-order valence-electron chi connectivity index (χ0n) is 10.4. The molecule has 2 rings (SSSR count). The summed E-state index contributed by atoms with van der Waals surface area (Å²) in [6.45, 7) is 5.44. The van der Waals surface area contributed by atoms with Gasteiger partial charge in [0.05, 0.1) is 11.9 Å². The van der Waals surface area contributed by atoms with Crippen molar-refractivity contribution in [1.82, 2.24) is 20.2 Å². The molecule has 104 valence electrons. The van der Waals surface area contributed by atoms with E-state index in [1.54, 1.807) is 6.92 Å². The average molecular weight is 295 g/mol. The molecule has 18 heavy (non-hydrogen) atoms. The van der Waals surface area contributed by atoms with Crippen LogP contribution in [0.5, 0.6) is 0 Å². The molecule has 1 aliphatic heterocycles. The fourth-order valence-electron chi connectivity index (χ4n) is 2.06. The zero-order valence-corrected chi connectivity index (χ0v) is 12.1. The number of halogens is 1. The van der Waals surface area contributed by atoms with Gasteiger partial charge >= 0.3 is 0 Å². The fraction of sp³-hybridized carbons (Fsp3) is 0.700. The topological polar surface area (TPSA) is 86.9 Å². The van der Waals surface area contributed by atoms with Crippen molar-refractivity contribution in [2.45, 2.75) is 31.2 Å². The Bertz CT molecular complexity index is 488. The van der Waals surface area contributed by atoms with Crippen LogP contribution in [0.4, 0.5) is 0 Å². The molecule has 2 unspecified atom stereocenters. The predicted octanol–water partition coefficient (Wildman–Crippen LogP) is 0.416. The lowest BCUT2D eigenvalue weighted by atomic mass is 9.97. The second-order valence-corrected chi connectivity index (χ2v) is 6.24. The number of hydrogen-bond donors (Lipinski definition) is 3. The molecule has 1 aromatic heterocycles. The van der Waals surface area contributed by atoms with E-state index in [-0.39, 0.29) is 23.3 Å². The summed E-state index contributed by atoms with van der Waals surface area (Å²) in [5.41, 5.74) is 0.569. The van der Waals surface area contributed by atoms with Crippen LogP contribution in [0.2, 0.25) is 0 Å². The highest BCUT2D eigenvalue weighted by Gasteiger charge is 2.28. The maximum atomic E-state index is 12.1. The van der Waals surface area contributed by atoms with Gasteiger partial charge in [0.2, 0.25) is 10.0 Å². The normalized spacial score (nSPS) is 24.6. The third-order valence-electron chi connectivity index (χ3n) is 3.17. The molecule has 0 saturated carbocycles. The number of hydrogen-bond acceptors (Lipinski definition) is 4. The molecular formula is C10H19ClN4O2S. The standard InChI is InChI=1S/C10H18N4O2S.ClH/c1-7-5-11-4-3-9(7)14-17(15,16)10-6-12-13-8(10)2;/h6-7,9,11,14H,3-5H2,1-2H3,(H,12,13);1H. The first-order valence-corrected chi connectivity index (χ1v) is 7.22. The summed E-state index contributed by atoms with van der Waals surface area (Å²) < 4.78 is 27.0. The summed E-state index contributed by atoms with van der Waals surface area (Å²) in [4.78, 5) is 0.239. The molecular weight excluding hydrogens is 276 g/mol. The summed E-state index contributed by atoms with van der Waals surface area (Å²) in [6.07, 6.45) is 2.17. The maximum absolute atomic E-state index is 12.1. The largest absolute Gasteiger partial charge is 0.316 e. The van der Waals surface area contributed by atoms with Gasteiger partial charge in [-0.05, 0) is 32.4 Å². The molecule has 0 radical (unpaired) electrons. The monoisotopic (exact) mass is 294 g/mol. The van der Waals surface area contributed by atoms with E-state index in [1.807, 2.05) is 6.92 Å².